The lowest BCUT2D eigenvalue weighted by atomic mass is 10.1. The number of sulfone groups is 1. The Labute approximate surface area is 99.2 Å². The average molecular weight is 249 g/mol. The van der Waals surface area contributed by atoms with Gasteiger partial charge in [-0.25, -0.2) is 8.42 Å². The van der Waals surface area contributed by atoms with Gasteiger partial charge in [-0.3, -0.25) is 9.78 Å². The van der Waals surface area contributed by atoms with E-state index in [2.05, 4.69) is 4.98 Å². The summed E-state index contributed by atoms with van der Waals surface area (Å²) in [4.78, 5) is 15.8. The highest BCUT2D eigenvalue weighted by Crippen LogP contribution is 2.17. The molecule has 17 heavy (non-hydrogen) atoms. The molecule has 0 atom stereocenters. The second-order valence-electron chi connectivity index (χ2n) is 3.90. The fraction of sp³-hybridized carbons (Fsp3) is 0.167. The van der Waals surface area contributed by atoms with Crippen molar-refractivity contribution in [1.82, 2.24) is 4.98 Å². The Bertz CT molecular complexity index is 672. The third-order valence-corrected chi connectivity index (χ3v) is 3.15. The smallest absolute Gasteiger partial charge is 0.180 e. The number of aromatic nitrogens is 1. The molecule has 2 rings (SSSR count). The number of hydrogen-bond donors (Lipinski definition) is 0. The first-order chi connectivity index (χ1) is 7.97. The molecule has 0 saturated heterocycles. The Hall–Kier alpha value is -1.75. The van der Waals surface area contributed by atoms with Gasteiger partial charge in [-0.15, -0.1) is 0 Å². The van der Waals surface area contributed by atoms with E-state index in [9.17, 15) is 13.2 Å². The first-order valence-corrected chi connectivity index (χ1v) is 7.07. The monoisotopic (exact) mass is 249 g/mol. The predicted octanol–water partition coefficient (Wildman–Crippen LogP) is 1.46. The van der Waals surface area contributed by atoms with Gasteiger partial charge in [0, 0.05) is 29.6 Å². The number of rotatable bonds is 3. The Balaban J connectivity index is 2.52. The molecule has 0 unspecified atom stereocenters. The van der Waals surface area contributed by atoms with Crippen molar-refractivity contribution < 1.29 is 13.2 Å². The lowest BCUT2D eigenvalue weighted by Gasteiger charge is -2.04. The molecule has 0 aliphatic rings. The quantitative estimate of drug-likeness (QED) is 0.772. The van der Waals surface area contributed by atoms with Crippen LogP contribution in [0, 0.1) is 0 Å². The summed E-state index contributed by atoms with van der Waals surface area (Å²) in [5.74, 6) is -0.903. The van der Waals surface area contributed by atoms with Crippen LogP contribution in [0.5, 0.6) is 0 Å². The highest BCUT2D eigenvalue weighted by Gasteiger charge is 2.15. The predicted molar refractivity (Wildman–Crippen MR) is 65.8 cm³/mol. The topological polar surface area (TPSA) is 64.1 Å². The zero-order chi connectivity index (χ0) is 12.5. The van der Waals surface area contributed by atoms with Gasteiger partial charge in [0.25, 0.3) is 0 Å². The summed E-state index contributed by atoms with van der Waals surface area (Å²) in [6.07, 6.45) is 4.10. The lowest BCUT2D eigenvalue weighted by Crippen LogP contribution is -2.15. The Morgan fingerprint density at radius 1 is 1.24 bits per heavy atom. The molecule has 0 saturated carbocycles. The van der Waals surface area contributed by atoms with Crippen molar-refractivity contribution in [3.63, 3.8) is 0 Å². The summed E-state index contributed by atoms with van der Waals surface area (Å²) in [6.45, 7) is 0. The van der Waals surface area contributed by atoms with Gasteiger partial charge in [0.05, 0.1) is 0 Å². The van der Waals surface area contributed by atoms with E-state index in [1.807, 2.05) is 12.1 Å². The minimum absolute atomic E-state index is 0.355. The standard InChI is InChI=1S/C12H11NO3S/c1-17(15,16)8-12(14)11-7-13-6-9-4-2-3-5-10(9)11/h2-7H,8H2,1H3. The Morgan fingerprint density at radius 2 is 1.94 bits per heavy atom. The van der Waals surface area contributed by atoms with Gasteiger partial charge in [-0.2, -0.15) is 0 Å². The maximum atomic E-state index is 11.9. The zero-order valence-electron chi connectivity index (χ0n) is 9.25. The van der Waals surface area contributed by atoms with E-state index in [-0.39, 0.29) is 0 Å². The minimum Gasteiger partial charge on any atom is -0.293 e. The number of Topliss-reactive ketones (excluding diaryl/α,β-unsaturated/α-hetero) is 1. The highest BCUT2D eigenvalue weighted by molar-refractivity contribution is 7.91. The van der Waals surface area contributed by atoms with Crippen molar-refractivity contribution in [2.45, 2.75) is 0 Å². The van der Waals surface area contributed by atoms with E-state index in [0.29, 0.717) is 5.56 Å². The van der Waals surface area contributed by atoms with Crippen LogP contribution in [-0.2, 0) is 9.84 Å². The highest BCUT2D eigenvalue weighted by atomic mass is 32.2. The number of carbonyl (C=O) groups excluding carboxylic acids is 1. The van der Waals surface area contributed by atoms with Crippen LogP contribution in [0.1, 0.15) is 10.4 Å². The fourth-order valence-electron chi connectivity index (χ4n) is 1.65. The van der Waals surface area contributed by atoms with Gasteiger partial charge in [0.2, 0.25) is 0 Å². The molecule has 0 amide bonds. The van der Waals surface area contributed by atoms with E-state index < -0.39 is 21.4 Å². The molecule has 4 nitrogen and oxygen atoms in total. The largest absolute Gasteiger partial charge is 0.293 e. The van der Waals surface area contributed by atoms with Crippen LogP contribution in [0.25, 0.3) is 10.8 Å². The molecular weight excluding hydrogens is 238 g/mol. The molecule has 0 aliphatic carbocycles. The van der Waals surface area contributed by atoms with Gasteiger partial charge in [0.15, 0.2) is 15.6 Å². The van der Waals surface area contributed by atoms with Crippen molar-refractivity contribution in [3.8, 4) is 0 Å². The maximum Gasteiger partial charge on any atom is 0.180 e. The van der Waals surface area contributed by atoms with Gasteiger partial charge >= 0.3 is 0 Å². The number of benzene rings is 1. The number of carbonyl (C=O) groups is 1. The molecule has 0 N–H and O–H groups in total. The molecule has 0 radical (unpaired) electrons. The first-order valence-electron chi connectivity index (χ1n) is 5.01. The van der Waals surface area contributed by atoms with Crippen molar-refractivity contribution in [1.29, 1.82) is 0 Å². The summed E-state index contributed by atoms with van der Waals surface area (Å²) < 4.78 is 22.2. The molecule has 0 aliphatic heterocycles. The normalized spacial score (nSPS) is 11.6. The molecule has 0 bridgehead atoms. The molecule has 88 valence electrons. The summed E-state index contributed by atoms with van der Waals surface area (Å²) >= 11 is 0. The molecule has 0 fully saturated rings. The van der Waals surface area contributed by atoms with Gasteiger partial charge in [-0.05, 0) is 5.39 Å². The molecular formula is C12H11NO3S. The van der Waals surface area contributed by atoms with E-state index >= 15 is 0 Å². The Kier molecular flexibility index (Phi) is 2.93. The van der Waals surface area contributed by atoms with E-state index in [1.165, 1.54) is 6.20 Å². The van der Waals surface area contributed by atoms with Crippen LogP contribution in [0.3, 0.4) is 0 Å². The molecule has 5 heteroatoms. The van der Waals surface area contributed by atoms with Crippen molar-refractivity contribution >= 4 is 26.4 Å². The zero-order valence-corrected chi connectivity index (χ0v) is 10.1. The third-order valence-electron chi connectivity index (χ3n) is 2.36. The second-order valence-corrected chi connectivity index (χ2v) is 6.04. The minimum atomic E-state index is -3.32. The second kappa shape index (κ2) is 4.25. The van der Waals surface area contributed by atoms with Crippen molar-refractivity contribution in [2.75, 3.05) is 12.0 Å². The number of hydrogen-bond acceptors (Lipinski definition) is 4. The molecule has 1 heterocycles. The summed E-state index contributed by atoms with van der Waals surface area (Å²) in [5.41, 5.74) is 0.355. The van der Waals surface area contributed by atoms with Crippen LogP contribution in [0.2, 0.25) is 0 Å². The van der Waals surface area contributed by atoms with E-state index in [1.54, 1.807) is 18.3 Å². The Morgan fingerprint density at radius 3 is 2.65 bits per heavy atom. The van der Waals surface area contributed by atoms with Gasteiger partial charge < -0.3 is 0 Å². The molecule has 2 aromatic rings. The third kappa shape index (κ3) is 2.68. The molecule has 1 aromatic heterocycles. The first kappa shape index (κ1) is 11.7. The number of ketones is 1. The van der Waals surface area contributed by atoms with Crippen LogP contribution in [0.15, 0.2) is 36.7 Å². The van der Waals surface area contributed by atoms with Gasteiger partial charge in [-0.1, -0.05) is 24.3 Å². The van der Waals surface area contributed by atoms with Crippen LogP contribution < -0.4 is 0 Å². The van der Waals surface area contributed by atoms with Crippen LogP contribution in [-0.4, -0.2) is 31.2 Å². The fourth-order valence-corrected chi connectivity index (χ4v) is 2.29. The summed E-state index contributed by atoms with van der Waals surface area (Å²) in [7, 11) is -3.32. The van der Waals surface area contributed by atoms with Crippen molar-refractivity contribution in [3.05, 3.63) is 42.2 Å². The maximum absolute atomic E-state index is 11.9. The van der Waals surface area contributed by atoms with Crippen molar-refractivity contribution in [2.24, 2.45) is 0 Å². The van der Waals surface area contributed by atoms with Gasteiger partial charge in [0.1, 0.15) is 5.75 Å². The average Bonchev–Trinajstić information content (AvgIpc) is 2.26. The lowest BCUT2D eigenvalue weighted by molar-refractivity contribution is 0.102. The van der Waals surface area contributed by atoms with E-state index in [4.69, 9.17) is 0 Å². The molecule has 0 spiro atoms. The number of nitrogens with zero attached hydrogens (tertiary/aromatic N) is 1. The molecule has 1 aromatic carbocycles. The number of fused-ring (bicyclic) bond motifs is 1. The summed E-state index contributed by atoms with van der Waals surface area (Å²) in [5, 5.41) is 1.56. The number of pyridine rings is 1. The summed E-state index contributed by atoms with van der Waals surface area (Å²) in [6, 6.07) is 7.26. The van der Waals surface area contributed by atoms with E-state index in [0.717, 1.165) is 17.0 Å². The van der Waals surface area contributed by atoms with Crippen LogP contribution in [0.4, 0.5) is 0 Å². The SMILES string of the molecule is CS(=O)(=O)CC(=O)c1cncc2ccccc12. The van der Waals surface area contributed by atoms with Crippen LogP contribution >= 0.6 is 0 Å².